The standard InChI is InChI=1S/C14H17FN2O3S/c15-11-4-2-1-3-10(11)7-16-13(18)8-17-5-6-21-9-12(17)14(19)20/h1-4,12H,5-9H2,(H,16,18)(H,19,20). The van der Waals surface area contributed by atoms with Crippen LogP contribution in [0, 0.1) is 5.82 Å². The summed E-state index contributed by atoms with van der Waals surface area (Å²) in [7, 11) is 0. The average Bonchev–Trinajstić information content (AvgIpc) is 2.47. The van der Waals surface area contributed by atoms with E-state index in [-0.39, 0.29) is 24.8 Å². The highest BCUT2D eigenvalue weighted by Gasteiger charge is 2.29. The van der Waals surface area contributed by atoms with Crippen LogP contribution >= 0.6 is 11.8 Å². The van der Waals surface area contributed by atoms with Gasteiger partial charge in [0.15, 0.2) is 0 Å². The molecule has 1 aromatic carbocycles. The molecule has 1 saturated heterocycles. The Morgan fingerprint density at radius 3 is 2.90 bits per heavy atom. The molecule has 0 spiro atoms. The molecule has 21 heavy (non-hydrogen) atoms. The second kappa shape index (κ2) is 7.42. The second-order valence-electron chi connectivity index (χ2n) is 4.77. The van der Waals surface area contributed by atoms with Crippen LogP contribution in [0.1, 0.15) is 5.56 Å². The van der Waals surface area contributed by atoms with Gasteiger partial charge in [0.25, 0.3) is 0 Å². The molecule has 1 heterocycles. The van der Waals surface area contributed by atoms with E-state index in [0.717, 1.165) is 5.75 Å². The van der Waals surface area contributed by atoms with Gasteiger partial charge in [0.05, 0.1) is 6.54 Å². The van der Waals surface area contributed by atoms with E-state index in [4.69, 9.17) is 5.11 Å². The van der Waals surface area contributed by atoms with Gasteiger partial charge in [-0.25, -0.2) is 4.39 Å². The lowest BCUT2D eigenvalue weighted by molar-refractivity contribution is -0.143. The number of amides is 1. The molecule has 0 saturated carbocycles. The number of benzene rings is 1. The van der Waals surface area contributed by atoms with Crippen molar-refractivity contribution in [1.29, 1.82) is 0 Å². The fourth-order valence-electron chi connectivity index (χ4n) is 2.13. The summed E-state index contributed by atoms with van der Waals surface area (Å²) in [5, 5.41) is 11.8. The summed E-state index contributed by atoms with van der Waals surface area (Å²) in [5.41, 5.74) is 0.412. The van der Waals surface area contributed by atoms with Crippen molar-refractivity contribution in [3.05, 3.63) is 35.6 Å². The van der Waals surface area contributed by atoms with E-state index in [1.54, 1.807) is 34.9 Å². The van der Waals surface area contributed by atoms with Crippen LogP contribution in [0.5, 0.6) is 0 Å². The quantitative estimate of drug-likeness (QED) is 0.847. The summed E-state index contributed by atoms with van der Waals surface area (Å²) in [5.74, 6) is -0.281. The monoisotopic (exact) mass is 312 g/mol. The molecule has 0 bridgehead atoms. The molecule has 1 atom stereocenters. The number of aliphatic carboxylic acids is 1. The predicted octanol–water partition coefficient (Wildman–Crippen LogP) is 0.944. The summed E-state index contributed by atoms with van der Waals surface area (Å²) < 4.78 is 13.4. The number of halogens is 1. The lowest BCUT2D eigenvalue weighted by Crippen LogP contribution is -2.51. The first kappa shape index (κ1) is 15.8. The molecular formula is C14H17FN2O3S. The van der Waals surface area contributed by atoms with Crippen LogP contribution < -0.4 is 5.32 Å². The van der Waals surface area contributed by atoms with E-state index in [1.165, 1.54) is 6.07 Å². The van der Waals surface area contributed by atoms with Crippen LogP contribution in [-0.2, 0) is 16.1 Å². The summed E-state index contributed by atoms with van der Waals surface area (Å²) in [6.45, 7) is 0.687. The highest BCUT2D eigenvalue weighted by atomic mass is 32.2. The molecule has 1 unspecified atom stereocenters. The summed E-state index contributed by atoms with van der Waals surface area (Å²) in [6.07, 6.45) is 0. The van der Waals surface area contributed by atoms with Gasteiger partial charge in [0, 0.05) is 30.2 Å². The van der Waals surface area contributed by atoms with Crippen LogP contribution in [-0.4, -0.2) is 52.5 Å². The van der Waals surface area contributed by atoms with Crippen molar-refractivity contribution < 1.29 is 19.1 Å². The number of hydrogen-bond donors (Lipinski definition) is 2. The van der Waals surface area contributed by atoms with Crippen molar-refractivity contribution in [2.45, 2.75) is 12.6 Å². The fraction of sp³-hybridized carbons (Fsp3) is 0.429. The third-order valence-corrected chi connectivity index (χ3v) is 4.33. The molecule has 1 fully saturated rings. The lowest BCUT2D eigenvalue weighted by atomic mass is 10.2. The van der Waals surface area contributed by atoms with Gasteiger partial charge < -0.3 is 10.4 Å². The maximum Gasteiger partial charge on any atom is 0.321 e. The molecule has 1 aliphatic heterocycles. The molecular weight excluding hydrogens is 295 g/mol. The smallest absolute Gasteiger partial charge is 0.321 e. The van der Waals surface area contributed by atoms with Crippen LogP contribution in [0.15, 0.2) is 24.3 Å². The first-order valence-electron chi connectivity index (χ1n) is 6.62. The van der Waals surface area contributed by atoms with Gasteiger partial charge >= 0.3 is 5.97 Å². The van der Waals surface area contributed by atoms with Gasteiger partial charge in [0.2, 0.25) is 5.91 Å². The van der Waals surface area contributed by atoms with Gasteiger partial charge in [-0.05, 0) is 6.07 Å². The highest BCUT2D eigenvalue weighted by Crippen LogP contribution is 2.16. The maximum absolute atomic E-state index is 13.4. The van der Waals surface area contributed by atoms with Crippen molar-refractivity contribution >= 4 is 23.6 Å². The van der Waals surface area contributed by atoms with Crippen LogP contribution in [0.25, 0.3) is 0 Å². The number of rotatable bonds is 5. The molecule has 0 aromatic heterocycles. The van der Waals surface area contributed by atoms with E-state index in [9.17, 15) is 14.0 Å². The first-order chi connectivity index (χ1) is 10.1. The van der Waals surface area contributed by atoms with Crippen molar-refractivity contribution in [1.82, 2.24) is 10.2 Å². The van der Waals surface area contributed by atoms with Gasteiger partial charge in [0.1, 0.15) is 11.9 Å². The van der Waals surface area contributed by atoms with E-state index in [2.05, 4.69) is 5.32 Å². The number of carboxylic acids is 1. The number of carbonyl (C=O) groups is 2. The summed E-state index contributed by atoms with van der Waals surface area (Å²) >= 11 is 1.57. The number of carbonyl (C=O) groups excluding carboxylic acids is 1. The third-order valence-electron chi connectivity index (χ3n) is 3.30. The zero-order valence-electron chi connectivity index (χ0n) is 11.4. The minimum absolute atomic E-state index is 0.0198. The second-order valence-corrected chi connectivity index (χ2v) is 5.92. The van der Waals surface area contributed by atoms with E-state index in [0.29, 0.717) is 17.9 Å². The van der Waals surface area contributed by atoms with Crippen LogP contribution in [0.3, 0.4) is 0 Å². The Balaban J connectivity index is 1.86. The summed E-state index contributed by atoms with van der Waals surface area (Å²) in [6, 6.07) is 5.59. The molecule has 1 aromatic rings. The molecule has 2 rings (SSSR count). The Kier molecular flexibility index (Phi) is 5.58. The maximum atomic E-state index is 13.4. The van der Waals surface area contributed by atoms with Crippen molar-refractivity contribution in [3.63, 3.8) is 0 Å². The molecule has 7 heteroatoms. The van der Waals surface area contributed by atoms with Crippen LogP contribution in [0.2, 0.25) is 0 Å². The molecule has 0 radical (unpaired) electrons. The molecule has 2 N–H and O–H groups in total. The SMILES string of the molecule is O=C(CN1CCSCC1C(=O)O)NCc1ccccc1F. The largest absolute Gasteiger partial charge is 0.480 e. The Bertz CT molecular complexity index is 527. The minimum Gasteiger partial charge on any atom is -0.480 e. The first-order valence-corrected chi connectivity index (χ1v) is 7.78. The van der Waals surface area contributed by atoms with E-state index in [1.807, 2.05) is 0 Å². The topological polar surface area (TPSA) is 69.6 Å². The van der Waals surface area contributed by atoms with Crippen molar-refractivity contribution in [2.75, 3.05) is 24.6 Å². The number of nitrogens with zero attached hydrogens (tertiary/aromatic N) is 1. The number of hydrogen-bond acceptors (Lipinski definition) is 4. The summed E-state index contributed by atoms with van der Waals surface area (Å²) in [4.78, 5) is 24.7. The highest BCUT2D eigenvalue weighted by molar-refractivity contribution is 7.99. The van der Waals surface area contributed by atoms with Gasteiger partial charge in [-0.1, -0.05) is 18.2 Å². The minimum atomic E-state index is -0.913. The molecule has 0 aliphatic carbocycles. The Morgan fingerprint density at radius 1 is 1.43 bits per heavy atom. The van der Waals surface area contributed by atoms with Crippen molar-refractivity contribution in [2.24, 2.45) is 0 Å². The van der Waals surface area contributed by atoms with E-state index >= 15 is 0 Å². The Morgan fingerprint density at radius 2 is 2.19 bits per heavy atom. The number of carboxylic acid groups (broad SMARTS) is 1. The van der Waals surface area contributed by atoms with Gasteiger partial charge in [-0.15, -0.1) is 0 Å². The van der Waals surface area contributed by atoms with Crippen molar-refractivity contribution in [3.8, 4) is 0 Å². The normalized spacial score (nSPS) is 19.2. The fourth-order valence-corrected chi connectivity index (χ4v) is 3.24. The zero-order chi connectivity index (χ0) is 15.2. The lowest BCUT2D eigenvalue weighted by Gasteiger charge is -2.31. The molecule has 5 nitrogen and oxygen atoms in total. The average molecular weight is 312 g/mol. The molecule has 114 valence electrons. The van der Waals surface area contributed by atoms with E-state index < -0.39 is 12.0 Å². The third kappa shape index (κ3) is 4.44. The van der Waals surface area contributed by atoms with Crippen LogP contribution in [0.4, 0.5) is 4.39 Å². The Hall–Kier alpha value is -1.60. The Labute approximate surface area is 126 Å². The molecule has 1 amide bonds. The zero-order valence-corrected chi connectivity index (χ0v) is 12.2. The number of thioether (sulfide) groups is 1. The number of nitrogens with one attached hydrogen (secondary N) is 1. The predicted molar refractivity (Wildman–Crippen MR) is 78.6 cm³/mol. The van der Waals surface area contributed by atoms with Gasteiger partial charge in [-0.2, -0.15) is 11.8 Å². The van der Waals surface area contributed by atoms with Gasteiger partial charge in [-0.3, -0.25) is 14.5 Å². The molecule has 1 aliphatic rings.